The van der Waals surface area contributed by atoms with Crippen LogP contribution in [0.3, 0.4) is 0 Å². The zero-order chi connectivity index (χ0) is 25.9. The van der Waals surface area contributed by atoms with Crippen molar-refractivity contribution in [1.82, 2.24) is 15.5 Å². The third-order valence-corrected chi connectivity index (χ3v) is 6.91. The minimum absolute atomic E-state index is 0.0303. The van der Waals surface area contributed by atoms with Crippen molar-refractivity contribution in [3.05, 3.63) is 76.9 Å². The first-order valence-electron chi connectivity index (χ1n) is 10.7. The van der Waals surface area contributed by atoms with Crippen LogP contribution in [-0.4, -0.2) is 43.4 Å². The summed E-state index contributed by atoms with van der Waals surface area (Å²) in [6.45, 7) is 0.759. The molecule has 0 amide bonds. The number of nitrogens with zero attached hydrogens (tertiary/aromatic N) is 1. The smallest absolute Gasteiger partial charge is 0.264 e. The highest BCUT2D eigenvalue weighted by atomic mass is 35.5. The summed E-state index contributed by atoms with van der Waals surface area (Å²) in [5.41, 5.74) is 6.12. The molecular weight excluding hydrogens is 516 g/mol. The van der Waals surface area contributed by atoms with E-state index < -0.39 is 38.3 Å². The van der Waals surface area contributed by atoms with Gasteiger partial charge < -0.3 is 20.9 Å². The molecule has 3 aromatic carbocycles. The number of nitrogens with one attached hydrogen (secondary N) is 3. The van der Waals surface area contributed by atoms with Gasteiger partial charge in [0, 0.05) is 30.2 Å². The fourth-order valence-electron chi connectivity index (χ4n) is 3.41. The Bertz CT molecular complexity index is 1500. The molecule has 4 aromatic rings. The van der Waals surface area contributed by atoms with E-state index in [1.54, 1.807) is 18.2 Å². The highest BCUT2D eigenvalue weighted by molar-refractivity contribution is 7.92. The molecule has 1 atom stereocenters. The molecule has 190 valence electrons. The Labute approximate surface area is 210 Å². The molecule has 13 heteroatoms. The molecule has 6 N–H and O–H groups in total. The van der Waals surface area contributed by atoms with Gasteiger partial charge in [0.1, 0.15) is 28.9 Å². The van der Waals surface area contributed by atoms with Gasteiger partial charge in [-0.15, -0.1) is 0 Å². The summed E-state index contributed by atoms with van der Waals surface area (Å²) in [7, 11) is -4.47. The fourth-order valence-corrected chi connectivity index (χ4v) is 4.79. The lowest BCUT2D eigenvalue weighted by molar-refractivity contribution is 0.172. The van der Waals surface area contributed by atoms with Gasteiger partial charge in [0.15, 0.2) is 5.15 Å². The van der Waals surface area contributed by atoms with E-state index >= 15 is 0 Å². The van der Waals surface area contributed by atoms with E-state index in [1.165, 1.54) is 12.1 Å². The van der Waals surface area contributed by atoms with Crippen LogP contribution in [-0.2, 0) is 10.0 Å². The van der Waals surface area contributed by atoms with E-state index in [-0.39, 0.29) is 17.8 Å². The molecule has 9 nitrogen and oxygen atoms in total. The zero-order valence-corrected chi connectivity index (χ0v) is 20.2. The summed E-state index contributed by atoms with van der Waals surface area (Å²) in [5, 5.41) is 21.3. The van der Waals surface area contributed by atoms with Crippen LogP contribution < -0.4 is 20.5 Å². The minimum Gasteiger partial charge on any atom is -0.492 e. The number of benzene rings is 3. The van der Waals surface area contributed by atoms with Crippen molar-refractivity contribution in [3.63, 3.8) is 0 Å². The molecule has 0 saturated carbocycles. The second-order valence-electron chi connectivity index (χ2n) is 7.82. The Balaban J connectivity index is 1.33. The predicted octanol–water partition coefficient (Wildman–Crippen LogP) is 3.58. The Hall–Kier alpha value is -3.45. The number of aromatic nitrogens is 2. The van der Waals surface area contributed by atoms with Crippen molar-refractivity contribution < 1.29 is 27.0 Å². The number of nitrogens with two attached hydrogens (primary N) is 1. The number of anilines is 2. The van der Waals surface area contributed by atoms with Crippen LogP contribution in [0.25, 0.3) is 10.9 Å². The van der Waals surface area contributed by atoms with Crippen LogP contribution in [0.2, 0.25) is 5.15 Å². The van der Waals surface area contributed by atoms with Crippen LogP contribution in [0.5, 0.6) is 5.75 Å². The molecule has 4 rings (SSSR count). The van der Waals surface area contributed by atoms with E-state index in [4.69, 9.17) is 22.1 Å². The first-order chi connectivity index (χ1) is 17.1. The van der Waals surface area contributed by atoms with Crippen molar-refractivity contribution in [1.29, 1.82) is 0 Å². The average Bonchev–Trinajstić information content (AvgIpc) is 3.21. The zero-order valence-electron chi connectivity index (χ0n) is 18.6. The monoisotopic (exact) mass is 537 g/mol. The average molecular weight is 538 g/mol. The van der Waals surface area contributed by atoms with Gasteiger partial charge in [0.25, 0.3) is 10.0 Å². The van der Waals surface area contributed by atoms with Gasteiger partial charge in [0.05, 0.1) is 17.3 Å². The lowest BCUT2D eigenvalue weighted by atomic mass is 10.1. The van der Waals surface area contributed by atoms with Gasteiger partial charge in [0.2, 0.25) is 0 Å². The number of sulfonamides is 1. The molecule has 0 saturated heterocycles. The number of hydrogen-bond acceptors (Lipinski definition) is 7. The van der Waals surface area contributed by atoms with Gasteiger partial charge in [-0.05, 0) is 48.0 Å². The van der Waals surface area contributed by atoms with Crippen LogP contribution in [0.1, 0.15) is 11.7 Å². The number of H-pyrrole nitrogens is 1. The molecule has 0 aliphatic carbocycles. The largest absolute Gasteiger partial charge is 0.492 e. The van der Waals surface area contributed by atoms with E-state index in [1.807, 2.05) is 4.72 Å². The highest BCUT2D eigenvalue weighted by Crippen LogP contribution is 2.26. The molecule has 0 aliphatic rings. The van der Waals surface area contributed by atoms with Gasteiger partial charge >= 0.3 is 0 Å². The third-order valence-electron chi connectivity index (χ3n) is 5.24. The summed E-state index contributed by atoms with van der Waals surface area (Å²) >= 11 is 5.95. The maximum absolute atomic E-state index is 14.3. The molecule has 0 radical (unpaired) electrons. The molecule has 0 unspecified atom stereocenters. The standard InChI is InChI=1S/C23H22ClF2N5O4S/c24-23-16-4-3-15(11-19(16)29-30-23)35-8-7-28-12-21(32)13-1-5-17(25)20(9-13)31-36(33,34)22-10-14(27)2-6-18(22)26/h1-6,9-11,21,28,31-32H,7-8,12,27H2,(H,29,30)/t21-/m0/s1. The highest BCUT2D eigenvalue weighted by Gasteiger charge is 2.22. The molecule has 0 fully saturated rings. The number of ether oxygens (including phenoxy) is 1. The van der Waals surface area contributed by atoms with Gasteiger partial charge in [-0.3, -0.25) is 9.82 Å². The Kier molecular flexibility index (Phi) is 7.59. The molecule has 1 heterocycles. The van der Waals surface area contributed by atoms with Crippen molar-refractivity contribution >= 4 is 43.9 Å². The van der Waals surface area contributed by atoms with Gasteiger partial charge in [-0.2, -0.15) is 5.10 Å². The summed E-state index contributed by atoms with van der Waals surface area (Å²) in [5.74, 6) is -1.32. The number of aliphatic hydroxyl groups is 1. The van der Waals surface area contributed by atoms with Crippen molar-refractivity contribution in [2.45, 2.75) is 11.0 Å². The Morgan fingerprint density at radius 3 is 2.69 bits per heavy atom. The topological polar surface area (TPSA) is 142 Å². The third kappa shape index (κ3) is 5.85. The minimum atomic E-state index is -4.47. The second-order valence-corrected chi connectivity index (χ2v) is 9.83. The molecule has 36 heavy (non-hydrogen) atoms. The normalized spacial score (nSPS) is 12.6. The summed E-state index contributed by atoms with van der Waals surface area (Å²) in [6.07, 6.45) is -1.08. The maximum Gasteiger partial charge on any atom is 0.264 e. The lowest BCUT2D eigenvalue weighted by Crippen LogP contribution is -2.26. The van der Waals surface area contributed by atoms with Crippen LogP contribution in [0, 0.1) is 11.6 Å². The number of aromatic amines is 1. The van der Waals surface area contributed by atoms with Crippen molar-refractivity contribution in [3.8, 4) is 5.75 Å². The molecule has 0 bridgehead atoms. The van der Waals surface area contributed by atoms with Crippen LogP contribution in [0.4, 0.5) is 20.2 Å². The number of hydrogen-bond donors (Lipinski definition) is 5. The molecule has 0 aliphatic heterocycles. The van der Waals surface area contributed by atoms with Crippen LogP contribution in [0.15, 0.2) is 59.5 Å². The quantitative estimate of drug-likeness (QED) is 0.154. The number of nitrogen functional groups attached to an aromatic ring is 1. The SMILES string of the molecule is Nc1ccc(F)c(S(=O)(=O)Nc2cc([C@@H](O)CNCCOc3ccc4c(Cl)n[nH]c4c3)ccc2F)c1. The lowest BCUT2D eigenvalue weighted by Gasteiger charge is -2.15. The first-order valence-corrected chi connectivity index (χ1v) is 12.5. The first kappa shape index (κ1) is 25.6. The molecular formula is C23H22ClF2N5O4S. The predicted molar refractivity (Wildman–Crippen MR) is 132 cm³/mol. The van der Waals surface area contributed by atoms with Gasteiger partial charge in [-0.1, -0.05) is 17.7 Å². The number of halogens is 3. The Morgan fingerprint density at radius 1 is 1.11 bits per heavy atom. The maximum atomic E-state index is 14.3. The number of fused-ring (bicyclic) bond motifs is 1. The summed E-state index contributed by atoms with van der Waals surface area (Å²) in [4.78, 5) is -0.718. The summed E-state index contributed by atoms with van der Waals surface area (Å²) < 4.78 is 61.1. The molecule has 0 spiro atoms. The second kappa shape index (κ2) is 10.7. The molecule has 1 aromatic heterocycles. The van der Waals surface area contributed by atoms with Crippen LogP contribution >= 0.6 is 11.6 Å². The van der Waals surface area contributed by atoms with E-state index in [9.17, 15) is 22.3 Å². The van der Waals surface area contributed by atoms with E-state index in [2.05, 4.69) is 15.5 Å². The van der Waals surface area contributed by atoms with E-state index in [0.717, 1.165) is 35.2 Å². The number of aliphatic hydroxyl groups excluding tert-OH is 1. The van der Waals surface area contributed by atoms with Crippen molar-refractivity contribution in [2.24, 2.45) is 0 Å². The Morgan fingerprint density at radius 2 is 1.89 bits per heavy atom. The van der Waals surface area contributed by atoms with Crippen molar-refractivity contribution in [2.75, 3.05) is 30.2 Å². The summed E-state index contributed by atoms with van der Waals surface area (Å²) in [6, 6.07) is 11.8. The number of rotatable bonds is 10. The fraction of sp³-hybridized carbons (Fsp3) is 0.174. The van der Waals surface area contributed by atoms with Gasteiger partial charge in [-0.25, -0.2) is 17.2 Å². The van der Waals surface area contributed by atoms with E-state index in [0.29, 0.717) is 24.1 Å².